The number of nitrogens with one attached hydrogen (secondary N) is 1. The van der Waals surface area contributed by atoms with Gasteiger partial charge in [0.1, 0.15) is 5.82 Å². The maximum Gasteiger partial charge on any atom is 0.212 e. The van der Waals surface area contributed by atoms with Crippen LogP contribution in [0.3, 0.4) is 0 Å². The van der Waals surface area contributed by atoms with Crippen molar-refractivity contribution in [2.75, 3.05) is 63.2 Å². The summed E-state index contributed by atoms with van der Waals surface area (Å²) in [5, 5.41) is 13.1. The average Bonchev–Trinajstić information content (AvgIpc) is 3.62. The van der Waals surface area contributed by atoms with Crippen LogP contribution in [0.15, 0.2) is 55.1 Å². The Morgan fingerprint density at radius 1 is 0.951 bits per heavy atom. The van der Waals surface area contributed by atoms with Crippen LogP contribution in [0.1, 0.15) is 12.0 Å². The minimum Gasteiger partial charge on any atom is -0.481 e. The highest BCUT2D eigenvalue weighted by molar-refractivity contribution is 6.01. The number of hydrogen-bond acceptors (Lipinski definition) is 9. The third-order valence-electron chi connectivity index (χ3n) is 9.08. The normalized spacial score (nSPS) is 21.5. The second-order valence-electron chi connectivity index (χ2n) is 11.6. The maximum absolute atomic E-state index is 5.21. The van der Waals surface area contributed by atoms with Gasteiger partial charge in [-0.25, -0.2) is 14.5 Å². The molecule has 4 aliphatic rings. The molecule has 41 heavy (non-hydrogen) atoms. The molecule has 2 atom stereocenters. The molecule has 2 bridgehead atoms. The maximum atomic E-state index is 5.21. The van der Waals surface area contributed by atoms with Crippen molar-refractivity contribution in [2.45, 2.75) is 25.0 Å². The van der Waals surface area contributed by atoms with Gasteiger partial charge in [0, 0.05) is 87.5 Å². The molecule has 0 aromatic carbocycles. The molecule has 0 aliphatic carbocycles. The van der Waals surface area contributed by atoms with Crippen LogP contribution in [-0.4, -0.2) is 105 Å². The van der Waals surface area contributed by atoms with Crippen molar-refractivity contribution in [3.63, 3.8) is 0 Å². The first kappa shape index (κ1) is 24.6. The van der Waals surface area contributed by atoms with E-state index in [2.05, 4.69) is 72.3 Å². The van der Waals surface area contributed by atoms with Gasteiger partial charge in [0.25, 0.3) is 0 Å². The van der Waals surface area contributed by atoms with Crippen molar-refractivity contribution >= 4 is 28.1 Å². The largest absolute Gasteiger partial charge is 0.481 e. The number of piperazine rings is 2. The molecule has 11 nitrogen and oxygen atoms in total. The number of hydrogen-bond donors (Lipinski definition) is 1. The topological polar surface area (TPSA) is 94.0 Å². The van der Waals surface area contributed by atoms with Crippen LogP contribution in [0.2, 0.25) is 0 Å². The molecule has 4 aliphatic heterocycles. The summed E-state index contributed by atoms with van der Waals surface area (Å²) in [5.41, 5.74) is 6.50. The Bertz CT molecular complexity index is 1670. The molecular weight excluding hydrogens is 516 g/mol. The molecule has 9 heterocycles. The number of aromatic amines is 1. The van der Waals surface area contributed by atoms with Crippen molar-refractivity contribution in [3.05, 3.63) is 60.7 Å². The van der Waals surface area contributed by atoms with E-state index < -0.39 is 0 Å². The van der Waals surface area contributed by atoms with Gasteiger partial charge in [-0.1, -0.05) is 6.07 Å². The Morgan fingerprint density at radius 3 is 2.54 bits per heavy atom. The molecule has 11 heteroatoms. The fourth-order valence-electron chi connectivity index (χ4n) is 6.71. The molecular formula is C30H34N10O. The summed E-state index contributed by atoms with van der Waals surface area (Å²) < 4.78 is 7.21. The minimum atomic E-state index is 0.540. The number of ether oxygens (including phenoxy) is 1. The van der Waals surface area contributed by atoms with Crippen LogP contribution in [0.5, 0.6) is 5.88 Å². The highest BCUT2D eigenvalue weighted by Crippen LogP contribution is 2.37. The number of rotatable bonds is 6. The molecule has 1 N–H and O–H groups in total. The molecule has 0 radical (unpaired) electrons. The summed E-state index contributed by atoms with van der Waals surface area (Å²) in [4.78, 5) is 19.2. The Balaban J connectivity index is 1.04. The Labute approximate surface area is 238 Å². The molecule has 0 amide bonds. The molecule has 0 saturated carbocycles. The molecule has 5 aromatic rings. The van der Waals surface area contributed by atoms with Crippen molar-refractivity contribution in [1.29, 1.82) is 0 Å². The predicted molar refractivity (Wildman–Crippen MR) is 159 cm³/mol. The molecule has 4 fully saturated rings. The molecule has 4 saturated heterocycles. The van der Waals surface area contributed by atoms with Gasteiger partial charge in [-0.2, -0.15) is 5.10 Å². The summed E-state index contributed by atoms with van der Waals surface area (Å²) in [6.45, 7) is 7.03. The van der Waals surface area contributed by atoms with E-state index in [0.29, 0.717) is 18.0 Å². The van der Waals surface area contributed by atoms with Crippen molar-refractivity contribution < 1.29 is 4.74 Å². The van der Waals surface area contributed by atoms with Gasteiger partial charge < -0.3 is 19.4 Å². The van der Waals surface area contributed by atoms with E-state index >= 15 is 0 Å². The van der Waals surface area contributed by atoms with Gasteiger partial charge in [-0.15, -0.1) is 5.10 Å². The highest BCUT2D eigenvalue weighted by atomic mass is 16.5. The molecule has 2 unspecified atom stereocenters. The van der Waals surface area contributed by atoms with E-state index in [-0.39, 0.29) is 0 Å². The first-order valence-corrected chi connectivity index (χ1v) is 14.4. The quantitative estimate of drug-likeness (QED) is 0.343. The van der Waals surface area contributed by atoms with Gasteiger partial charge in [-0.3, -0.25) is 10.00 Å². The van der Waals surface area contributed by atoms with E-state index in [1.807, 2.05) is 29.2 Å². The summed E-state index contributed by atoms with van der Waals surface area (Å²) >= 11 is 0. The predicted octanol–water partition coefficient (Wildman–Crippen LogP) is 2.89. The average molecular weight is 551 g/mol. The van der Waals surface area contributed by atoms with Crippen LogP contribution >= 0.6 is 0 Å². The van der Waals surface area contributed by atoms with Crippen molar-refractivity contribution in [3.8, 4) is 17.0 Å². The Hall–Kier alpha value is -4.22. The van der Waals surface area contributed by atoms with Crippen LogP contribution in [-0.2, 0) is 6.54 Å². The number of likely N-dealkylation sites (N-methyl/N-ethyl adjacent to an activating group) is 1. The zero-order valence-corrected chi connectivity index (χ0v) is 23.4. The van der Waals surface area contributed by atoms with Crippen molar-refractivity contribution in [1.82, 2.24) is 39.6 Å². The number of aromatic nitrogens is 6. The van der Waals surface area contributed by atoms with Gasteiger partial charge in [-0.05, 0) is 37.2 Å². The zero-order valence-electron chi connectivity index (χ0n) is 23.4. The number of pyridine rings is 3. The van der Waals surface area contributed by atoms with E-state index in [0.717, 1.165) is 79.3 Å². The van der Waals surface area contributed by atoms with E-state index in [1.165, 1.54) is 17.7 Å². The first-order valence-electron chi connectivity index (χ1n) is 14.4. The van der Waals surface area contributed by atoms with Crippen molar-refractivity contribution in [2.24, 2.45) is 0 Å². The SMILES string of the molecule is COc1ccc(CN2C3CC2CN(c2ccc(-c4cc(N5CCN(C)CC5)cn5nc6[nH]ncc6c45)cn2)C3)cn1. The Morgan fingerprint density at radius 2 is 1.80 bits per heavy atom. The summed E-state index contributed by atoms with van der Waals surface area (Å²) in [6, 6.07) is 11.8. The lowest BCUT2D eigenvalue weighted by molar-refractivity contribution is -0.00876. The molecule has 5 aromatic heterocycles. The van der Waals surface area contributed by atoms with Crippen LogP contribution in [0, 0.1) is 0 Å². The highest BCUT2D eigenvalue weighted by Gasteiger charge is 2.44. The fourth-order valence-corrected chi connectivity index (χ4v) is 6.71. The minimum absolute atomic E-state index is 0.540. The number of fused-ring (bicyclic) bond motifs is 5. The zero-order chi connectivity index (χ0) is 27.5. The molecule has 210 valence electrons. The number of anilines is 2. The second-order valence-corrected chi connectivity index (χ2v) is 11.6. The molecule has 0 spiro atoms. The number of methoxy groups -OCH3 is 1. The van der Waals surface area contributed by atoms with Gasteiger partial charge >= 0.3 is 0 Å². The second kappa shape index (κ2) is 9.71. The lowest BCUT2D eigenvalue weighted by atomic mass is 9.87. The number of nitrogens with zero attached hydrogens (tertiary/aromatic N) is 9. The lowest BCUT2D eigenvalue weighted by Crippen LogP contribution is -2.68. The third-order valence-corrected chi connectivity index (χ3v) is 9.08. The summed E-state index contributed by atoms with van der Waals surface area (Å²) in [6.07, 6.45) is 9.22. The number of H-pyrrole nitrogens is 1. The van der Waals surface area contributed by atoms with E-state index in [9.17, 15) is 0 Å². The smallest absolute Gasteiger partial charge is 0.212 e. The standard InChI is InChI=1S/C30H34N10O/c1-36-7-9-37(10-8-36)22-12-25(29-26-15-33-34-30(26)35-40(29)19-22)21-4-5-27(31-14-21)38-17-23-11-24(18-38)39(23)16-20-3-6-28(41-2)32-13-20/h3-6,12-15,19,23-24H,7-11,16-18H2,1-2H3,(H,34,35). The van der Waals surface area contributed by atoms with Gasteiger partial charge in [0.2, 0.25) is 5.88 Å². The van der Waals surface area contributed by atoms with E-state index in [4.69, 9.17) is 14.8 Å². The van der Waals surface area contributed by atoms with Crippen LogP contribution in [0.25, 0.3) is 27.7 Å². The fraction of sp³-hybridized carbons (Fsp3) is 0.400. The first-order chi connectivity index (χ1) is 20.1. The summed E-state index contributed by atoms with van der Waals surface area (Å²) in [7, 11) is 3.84. The van der Waals surface area contributed by atoms with Crippen LogP contribution < -0.4 is 14.5 Å². The van der Waals surface area contributed by atoms with Gasteiger partial charge in [0.15, 0.2) is 5.65 Å². The third kappa shape index (κ3) is 4.27. The Kier molecular flexibility index (Phi) is 5.82. The van der Waals surface area contributed by atoms with E-state index in [1.54, 1.807) is 7.11 Å². The monoisotopic (exact) mass is 550 g/mol. The summed E-state index contributed by atoms with van der Waals surface area (Å²) in [5.74, 6) is 1.70. The molecule has 9 rings (SSSR count). The van der Waals surface area contributed by atoms with Crippen LogP contribution in [0.4, 0.5) is 11.5 Å². The lowest BCUT2D eigenvalue weighted by Gasteiger charge is -2.56. The van der Waals surface area contributed by atoms with Gasteiger partial charge in [0.05, 0.1) is 36.1 Å². The number of piperidine rings is 1.